The number of likely N-dealkylation sites (N-methyl/N-ethyl adjacent to an activating group) is 1. The van der Waals surface area contributed by atoms with Gasteiger partial charge in [0.05, 0.1) is 11.7 Å². The number of hydrogen-bond acceptors (Lipinski definition) is 3. The van der Waals surface area contributed by atoms with E-state index in [1.54, 1.807) is 19.1 Å². The van der Waals surface area contributed by atoms with Crippen LogP contribution < -0.4 is 4.90 Å². The molecule has 19 heavy (non-hydrogen) atoms. The summed E-state index contributed by atoms with van der Waals surface area (Å²) >= 11 is 0. The van der Waals surface area contributed by atoms with Crippen molar-refractivity contribution in [3.8, 4) is 0 Å². The Morgan fingerprint density at radius 2 is 2.00 bits per heavy atom. The second kappa shape index (κ2) is 5.47. The summed E-state index contributed by atoms with van der Waals surface area (Å²) in [6, 6.07) is 4.76. The zero-order chi connectivity index (χ0) is 14.0. The lowest BCUT2D eigenvalue weighted by molar-refractivity contribution is 0.0557. The predicted octanol–water partition coefficient (Wildman–Crippen LogP) is 2.62. The van der Waals surface area contributed by atoms with Crippen LogP contribution in [0.4, 0.5) is 10.1 Å². The first-order valence-corrected chi connectivity index (χ1v) is 6.83. The summed E-state index contributed by atoms with van der Waals surface area (Å²) in [5.41, 5.74) is 0.263. The molecule has 106 valence electrons. The van der Waals surface area contributed by atoms with Crippen LogP contribution in [-0.4, -0.2) is 29.4 Å². The van der Waals surface area contributed by atoms with Gasteiger partial charge in [-0.15, -0.1) is 0 Å². The molecule has 1 atom stereocenters. The summed E-state index contributed by atoms with van der Waals surface area (Å²) in [6.45, 7) is 2.02. The normalized spacial score (nSPS) is 19.4. The molecule has 0 unspecified atom stereocenters. The Bertz CT molecular complexity index is 442. The molecule has 0 spiro atoms. The van der Waals surface area contributed by atoms with E-state index in [1.165, 1.54) is 6.07 Å². The maximum absolute atomic E-state index is 13.8. The van der Waals surface area contributed by atoms with E-state index in [2.05, 4.69) is 0 Å². The second-order valence-corrected chi connectivity index (χ2v) is 5.64. The van der Waals surface area contributed by atoms with E-state index >= 15 is 0 Å². The fourth-order valence-corrected chi connectivity index (χ4v) is 2.99. The van der Waals surface area contributed by atoms with Crippen LogP contribution >= 0.6 is 0 Å². The third-order valence-corrected chi connectivity index (χ3v) is 3.92. The fourth-order valence-electron chi connectivity index (χ4n) is 2.99. The van der Waals surface area contributed by atoms with Crippen LogP contribution in [0.5, 0.6) is 0 Å². The van der Waals surface area contributed by atoms with Gasteiger partial charge in [-0.2, -0.15) is 0 Å². The molecule has 0 aliphatic heterocycles. The van der Waals surface area contributed by atoms with E-state index in [4.69, 9.17) is 0 Å². The molecule has 0 radical (unpaired) electrons. The molecular formula is C15H22FNO2. The molecule has 1 aliphatic carbocycles. The minimum absolute atomic E-state index is 0.298. The highest BCUT2D eigenvalue weighted by molar-refractivity contribution is 5.55. The highest BCUT2D eigenvalue weighted by Gasteiger charge is 2.33. The van der Waals surface area contributed by atoms with Crippen molar-refractivity contribution >= 4 is 5.69 Å². The maximum Gasteiger partial charge on any atom is 0.131 e. The van der Waals surface area contributed by atoms with Gasteiger partial charge in [0, 0.05) is 24.8 Å². The van der Waals surface area contributed by atoms with Gasteiger partial charge in [0.1, 0.15) is 5.82 Å². The molecule has 1 aromatic rings. The summed E-state index contributed by atoms with van der Waals surface area (Å²) < 4.78 is 13.8. The Hall–Kier alpha value is -1.13. The van der Waals surface area contributed by atoms with Gasteiger partial charge in [-0.3, -0.25) is 0 Å². The fraction of sp³-hybridized carbons (Fsp3) is 0.600. The number of benzene rings is 1. The molecule has 0 bridgehead atoms. The molecular weight excluding hydrogens is 245 g/mol. The Labute approximate surface area is 113 Å². The molecule has 0 saturated heterocycles. The summed E-state index contributed by atoms with van der Waals surface area (Å²) in [5, 5.41) is 20.2. The quantitative estimate of drug-likeness (QED) is 0.881. The van der Waals surface area contributed by atoms with Crippen LogP contribution in [0.1, 0.15) is 44.3 Å². The van der Waals surface area contributed by atoms with Crippen molar-refractivity contribution < 1.29 is 14.6 Å². The predicted molar refractivity (Wildman–Crippen MR) is 73.7 cm³/mol. The van der Waals surface area contributed by atoms with Crippen molar-refractivity contribution in [1.29, 1.82) is 0 Å². The van der Waals surface area contributed by atoms with Gasteiger partial charge in [-0.25, -0.2) is 4.39 Å². The average Bonchev–Trinajstić information content (AvgIpc) is 2.74. The third-order valence-electron chi connectivity index (χ3n) is 3.92. The van der Waals surface area contributed by atoms with Gasteiger partial charge in [-0.1, -0.05) is 18.9 Å². The Morgan fingerprint density at radius 1 is 1.37 bits per heavy atom. The molecule has 2 N–H and O–H groups in total. The van der Waals surface area contributed by atoms with Crippen LogP contribution in [0, 0.1) is 5.82 Å². The van der Waals surface area contributed by atoms with E-state index in [0.29, 0.717) is 17.8 Å². The largest absolute Gasteiger partial charge is 0.389 e. The highest BCUT2D eigenvalue weighted by Crippen LogP contribution is 2.33. The van der Waals surface area contributed by atoms with Crippen LogP contribution in [0.15, 0.2) is 18.2 Å². The number of rotatable bonds is 4. The Balaban J connectivity index is 2.23. The third kappa shape index (κ3) is 3.07. The zero-order valence-corrected chi connectivity index (χ0v) is 11.6. The zero-order valence-electron chi connectivity index (χ0n) is 11.6. The number of halogens is 1. The summed E-state index contributed by atoms with van der Waals surface area (Å²) in [4.78, 5) is 1.84. The monoisotopic (exact) mass is 267 g/mol. The standard InChI is InChI=1S/C15H22FNO2/c1-11(18)14-12(16)6-5-7-13(14)17(2)10-15(19)8-3-4-9-15/h5-7,11,18-19H,3-4,8-10H2,1-2H3/t11-/m1/s1. The summed E-state index contributed by atoms with van der Waals surface area (Å²) in [7, 11) is 1.83. The number of hydrogen-bond donors (Lipinski definition) is 2. The van der Waals surface area contributed by atoms with Gasteiger partial charge >= 0.3 is 0 Å². The van der Waals surface area contributed by atoms with E-state index in [9.17, 15) is 14.6 Å². The van der Waals surface area contributed by atoms with E-state index < -0.39 is 17.5 Å². The molecule has 0 heterocycles. The Morgan fingerprint density at radius 3 is 2.58 bits per heavy atom. The second-order valence-electron chi connectivity index (χ2n) is 5.64. The number of anilines is 1. The van der Waals surface area contributed by atoms with Gasteiger partial charge in [-0.05, 0) is 31.9 Å². The van der Waals surface area contributed by atoms with Crippen molar-refractivity contribution in [2.45, 2.75) is 44.3 Å². The van der Waals surface area contributed by atoms with E-state index in [-0.39, 0.29) is 0 Å². The minimum atomic E-state index is -0.864. The van der Waals surface area contributed by atoms with Crippen molar-refractivity contribution in [2.75, 3.05) is 18.5 Å². The first-order valence-electron chi connectivity index (χ1n) is 6.83. The van der Waals surface area contributed by atoms with Gasteiger partial charge in [0.2, 0.25) is 0 Å². The van der Waals surface area contributed by atoms with Crippen LogP contribution in [-0.2, 0) is 0 Å². The highest BCUT2D eigenvalue weighted by atomic mass is 19.1. The van der Waals surface area contributed by atoms with Crippen molar-refractivity contribution in [1.82, 2.24) is 0 Å². The topological polar surface area (TPSA) is 43.7 Å². The molecule has 3 nitrogen and oxygen atoms in total. The summed E-state index contributed by atoms with van der Waals surface area (Å²) in [6.07, 6.45) is 2.79. The number of nitrogens with zero attached hydrogens (tertiary/aromatic N) is 1. The smallest absolute Gasteiger partial charge is 0.131 e. The average molecular weight is 267 g/mol. The molecule has 1 aliphatic rings. The van der Waals surface area contributed by atoms with Gasteiger partial charge in [0.25, 0.3) is 0 Å². The molecule has 0 amide bonds. The van der Waals surface area contributed by atoms with E-state index in [1.807, 2.05) is 11.9 Å². The Kier molecular flexibility index (Phi) is 4.11. The molecule has 2 rings (SSSR count). The number of aliphatic hydroxyl groups is 2. The minimum Gasteiger partial charge on any atom is -0.389 e. The lowest BCUT2D eigenvalue weighted by Crippen LogP contribution is -2.39. The van der Waals surface area contributed by atoms with Crippen LogP contribution in [0.25, 0.3) is 0 Å². The van der Waals surface area contributed by atoms with Gasteiger partial charge in [0.15, 0.2) is 0 Å². The molecule has 1 saturated carbocycles. The van der Waals surface area contributed by atoms with Crippen LogP contribution in [0.3, 0.4) is 0 Å². The lowest BCUT2D eigenvalue weighted by atomic mass is 10.0. The van der Waals surface area contributed by atoms with Gasteiger partial charge < -0.3 is 15.1 Å². The molecule has 0 aromatic heterocycles. The lowest BCUT2D eigenvalue weighted by Gasteiger charge is -2.31. The molecule has 1 aromatic carbocycles. The van der Waals surface area contributed by atoms with Crippen molar-refractivity contribution in [3.05, 3.63) is 29.6 Å². The molecule has 1 fully saturated rings. The first kappa shape index (κ1) is 14.3. The summed E-state index contributed by atoms with van der Waals surface area (Å²) in [5.74, 6) is -0.405. The maximum atomic E-state index is 13.8. The molecule has 4 heteroatoms. The van der Waals surface area contributed by atoms with E-state index in [0.717, 1.165) is 25.7 Å². The first-order chi connectivity index (χ1) is 8.93. The van der Waals surface area contributed by atoms with Crippen molar-refractivity contribution in [3.63, 3.8) is 0 Å². The number of aliphatic hydroxyl groups excluding tert-OH is 1. The SMILES string of the molecule is C[C@@H](O)c1c(F)cccc1N(C)CC1(O)CCCC1. The van der Waals surface area contributed by atoms with Crippen molar-refractivity contribution in [2.24, 2.45) is 0 Å². The van der Waals surface area contributed by atoms with Crippen LogP contribution in [0.2, 0.25) is 0 Å².